The molecule has 2 aliphatic rings. The van der Waals surface area contributed by atoms with E-state index in [1.54, 1.807) is 0 Å². The lowest BCUT2D eigenvalue weighted by Gasteiger charge is -2.43. The molecule has 2 saturated heterocycles. The summed E-state index contributed by atoms with van der Waals surface area (Å²) in [4.78, 5) is 17.3. The first kappa shape index (κ1) is 21.9. The van der Waals surface area contributed by atoms with Gasteiger partial charge >= 0.3 is 0 Å². The van der Waals surface area contributed by atoms with Gasteiger partial charge in [-0.25, -0.2) is 12.8 Å². The summed E-state index contributed by atoms with van der Waals surface area (Å²) in [6.45, 7) is 2.68. The Kier molecular flexibility index (Phi) is 6.41. The molecule has 0 N–H and O–H groups in total. The second-order valence-electron chi connectivity index (χ2n) is 8.33. The third-order valence-electron chi connectivity index (χ3n) is 6.31. The minimum absolute atomic E-state index is 0.00683. The number of hydrogen-bond donors (Lipinski definition) is 0. The molecule has 0 aromatic heterocycles. The molecule has 31 heavy (non-hydrogen) atoms. The quantitative estimate of drug-likeness (QED) is 0.726. The molecule has 1 amide bonds. The maximum atomic E-state index is 14.1. The van der Waals surface area contributed by atoms with Crippen LogP contribution in [-0.4, -0.2) is 68.2 Å². The van der Waals surface area contributed by atoms with Gasteiger partial charge in [0, 0.05) is 38.6 Å². The van der Waals surface area contributed by atoms with Crippen LogP contribution < -0.4 is 0 Å². The lowest BCUT2D eigenvalue weighted by molar-refractivity contribution is -0.141. The summed E-state index contributed by atoms with van der Waals surface area (Å²) in [5.41, 5.74) is 1.11. The molecule has 166 valence electrons. The molecule has 0 spiro atoms. The van der Waals surface area contributed by atoms with Crippen LogP contribution in [0.1, 0.15) is 24.4 Å². The Morgan fingerprint density at radius 1 is 0.935 bits per heavy atom. The van der Waals surface area contributed by atoms with Crippen LogP contribution in [0.3, 0.4) is 0 Å². The molecule has 1 unspecified atom stereocenters. The standard InChI is InChI=1S/C23H28FN3O3S/c1-25-15-16-27(21(17-25)18-7-3-2-4-8-18)23(28)19-11-13-26(14-12-19)31(29,30)22-10-6-5-9-20(22)24/h2-10,19,21H,11-17H2,1H3. The van der Waals surface area contributed by atoms with E-state index < -0.39 is 15.8 Å². The van der Waals surface area contributed by atoms with Gasteiger partial charge in [-0.05, 0) is 37.6 Å². The van der Waals surface area contributed by atoms with Crippen LogP contribution in [-0.2, 0) is 14.8 Å². The minimum atomic E-state index is -3.90. The average molecular weight is 446 g/mol. The summed E-state index contributed by atoms with van der Waals surface area (Å²) in [6.07, 6.45) is 0.890. The normalized spacial score (nSPS) is 21.9. The summed E-state index contributed by atoms with van der Waals surface area (Å²) in [7, 11) is -1.84. The molecule has 8 heteroatoms. The van der Waals surface area contributed by atoms with Crippen molar-refractivity contribution in [2.75, 3.05) is 39.8 Å². The average Bonchev–Trinajstić information content (AvgIpc) is 2.79. The van der Waals surface area contributed by atoms with E-state index in [1.807, 2.05) is 35.2 Å². The van der Waals surface area contributed by atoms with Gasteiger partial charge in [-0.1, -0.05) is 42.5 Å². The Bertz CT molecular complexity index is 1020. The molecule has 2 aromatic carbocycles. The number of nitrogens with zero attached hydrogens (tertiary/aromatic N) is 3. The topological polar surface area (TPSA) is 60.9 Å². The summed E-state index contributed by atoms with van der Waals surface area (Å²) in [5.74, 6) is -0.879. The first-order valence-corrected chi connectivity index (χ1v) is 12.1. The van der Waals surface area contributed by atoms with E-state index in [0.29, 0.717) is 19.4 Å². The third-order valence-corrected chi connectivity index (χ3v) is 8.24. The van der Waals surface area contributed by atoms with E-state index in [2.05, 4.69) is 11.9 Å². The van der Waals surface area contributed by atoms with Crippen molar-refractivity contribution in [2.45, 2.75) is 23.8 Å². The number of piperazine rings is 1. The van der Waals surface area contributed by atoms with Crippen molar-refractivity contribution in [2.24, 2.45) is 5.92 Å². The Balaban J connectivity index is 1.46. The molecular weight excluding hydrogens is 417 g/mol. The molecule has 4 rings (SSSR count). The number of sulfonamides is 1. The minimum Gasteiger partial charge on any atom is -0.333 e. The van der Waals surface area contributed by atoms with Crippen molar-refractivity contribution in [3.05, 3.63) is 66.0 Å². The maximum absolute atomic E-state index is 14.1. The Morgan fingerprint density at radius 2 is 1.58 bits per heavy atom. The SMILES string of the molecule is CN1CCN(C(=O)C2CCN(S(=O)(=O)c3ccccc3F)CC2)C(c2ccccc2)C1. The zero-order valence-electron chi connectivity index (χ0n) is 17.7. The van der Waals surface area contributed by atoms with Gasteiger partial charge in [0.1, 0.15) is 10.7 Å². The predicted molar refractivity (Wildman–Crippen MR) is 116 cm³/mol. The summed E-state index contributed by atoms with van der Waals surface area (Å²) in [5, 5.41) is 0. The van der Waals surface area contributed by atoms with Crippen molar-refractivity contribution >= 4 is 15.9 Å². The van der Waals surface area contributed by atoms with Gasteiger partial charge in [-0.3, -0.25) is 4.79 Å². The third kappa shape index (κ3) is 4.51. The summed E-state index contributed by atoms with van der Waals surface area (Å²) >= 11 is 0. The highest BCUT2D eigenvalue weighted by atomic mass is 32.2. The number of carbonyl (C=O) groups is 1. The van der Waals surface area contributed by atoms with Crippen LogP contribution in [0.4, 0.5) is 4.39 Å². The zero-order chi connectivity index (χ0) is 22.0. The van der Waals surface area contributed by atoms with E-state index in [1.165, 1.54) is 22.5 Å². The Morgan fingerprint density at radius 3 is 2.26 bits per heavy atom. The lowest BCUT2D eigenvalue weighted by atomic mass is 9.94. The van der Waals surface area contributed by atoms with Gasteiger partial charge in [0.15, 0.2) is 0 Å². The molecule has 2 aromatic rings. The van der Waals surface area contributed by atoms with Crippen LogP contribution >= 0.6 is 0 Å². The van der Waals surface area contributed by atoms with Crippen LogP contribution in [0, 0.1) is 11.7 Å². The first-order valence-electron chi connectivity index (χ1n) is 10.7. The fraction of sp³-hybridized carbons (Fsp3) is 0.435. The van der Waals surface area contributed by atoms with Crippen molar-refractivity contribution in [1.82, 2.24) is 14.1 Å². The highest BCUT2D eigenvalue weighted by Gasteiger charge is 2.38. The molecule has 6 nitrogen and oxygen atoms in total. The van der Waals surface area contributed by atoms with Gasteiger partial charge < -0.3 is 9.80 Å². The summed E-state index contributed by atoms with van der Waals surface area (Å²) in [6, 6.07) is 15.5. The highest BCUT2D eigenvalue weighted by Crippen LogP contribution is 2.31. The predicted octanol–water partition coefficient (Wildman–Crippen LogP) is 2.74. The van der Waals surface area contributed by atoms with Gasteiger partial charge in [0.25, 0.3) is 0 Å². The maximum Gasteiger partial charge on any atom is 0.245 e. The Labute approximate surface area is 183 Å². The van der Waals surface area contributed by atoms with Crippen LogP contribution in [0.2, 0.25) is 0 Å². The van der Waals surface area contributed by atoms with Crippen LogP contribution in [0.25, 0.3) is 0 Å². The monoisotopic (exact) mass is 445 g/mol. The summed E-state index contributed by atoms with van der Waals surface area (Å²) < 4.78 is 41.0. The van der Waals surface area contributed by atoms with E-state index >= 15 is 0 Å². The van der Waals surface area contributed by atoms with E-state index in [4.69, 9.17) is 0 Å². The van der Waals surface area contributed by atoms with Crippen molar-refractivity contribution < 1.29 is 17.6 Å². The van der Waals surface area contributed by atoms with Crippen molar-refractivity contribution in [3.8, 4) is 0 Å². The Hall–Kier alpha value is -2.29. The highest BCUT2D eigenvalue weighted by molar-refractivity contribution is 7.89. The molecular formula is C23H28FN3O3S. The molecule has 0 aliphatic carbocycles. The molecule has 2 heterocycles. The fourth-order valence-electron chi connectivity index (χ4n) is 4.51. The largest absolute Gasteiger partial charge is 0.333 e. The van der Waals surface area contributed by atoms with Gasteiger partial charge in [-0.2, -0.15) is 4.31 Å². The van der Waals surface area contributed by atoms with Crippen molar-refractivity contribution in [1.29, 1.82) is 0 Å². The number of halogens is 1. The van der Waals surface area contributed by atoms with Gasteiger partial charge in [-0.15, -0.1) is 0 Å². The number of benzene rings is 2. The number of amides is 1. The first-order chi connectivity index (χ1) is 14.9. The fourth-order valence-corrected chi connectivity index (χ4v) is 6.05. The molecule has 0 radical (unpaired) electrons. The number of piperidine rings is 1. The lowest BCUT2D eigenvalue weighted by Crippen LogP contribution is -2.52. The smallest absolute Gasteiger partial charge is 0.245 e. The van der Waals surface area contributed by atoms with Gasteiger partial charge in [0.2, 0.25) is 15.9 Å². The number of rotatable bonds is 4. The van der Waals surface area contributed by atoms with Crippen LogP contribution in [0.15, 0.2) is 59.5 Å². The molecule has 2 fully saturated rings. The van der Waals surface area contributed by atoms with Crippen LogP contribution in [0.5, 0.6) is 0 Å². The van der Waals surface area contributed by atoms with Gasteiger partial charge in [0.05, 0.1) is 6.04 Å². The zero-order valence-corrected chi connectivity index (χ0v) is 18.5. The van der Waals surface area contributed by atoms with E-state index in [-0.39, 0.29) is 35.9 Å². The number of likely N-dealkylation sites (N-methyl/N-ethyl adjacent to an activating group) is 1. The molecule has 2 aliphatic heterocycles. The van der Waals surface area contributed by atoms with E-state index in [9.17, 15) is 17.6 Å². The van der Waals surface area contributed by atoms with Crippen molar-refractivity contribution in [3.63, 3.8) is 0 Å². The second-order valence-corrected chi connectivity index (χ2v) is 10.2. The number of hydrogen-bond acceptors (Lipinski definition) is 4. The molecule has 0 saturated carbocycles. The second kappa shape index (κ2) is 9.06. The molecule has 1 atom stereocenters. The number of carbonyl (C=O) groups excluding carboxylic acids is 1. The van der Waals surface area contributed by atoms with E-state index in [0.717, 1.165) is 24.7 Å². The molecule has 0 bridgehead atoms.